The molecule has 0 amide bonds. The van der Waals surface area contributed by atoms with Gasteiger partial charge in [0.25, 0.3) is 0 Å². The van der Waals surface area contributed by atoms with Crippen LogP contribution in [0.4, 0.5) is 10.3 Å². The van der Waals surface area contributed by atoms with Crippen molar-refractivity contribution in [1.29, 1.82) is 0 Å². The SMILES string of the molecule is Fc1ccc(Cn2c(N3CCCNCCC3)nc3ccccc32)cc1. The maximum Gasteiger partial charge on any atom is 0.206 e. The molecule has 2 heterocycles. The van der Waals surface area contributed by atoms with Crippen LogP contribution in [0.1, 0.15) is 18.4 Å². The minimum Gasteiger partial charge on any atom is -0.342 e. The second kappa shape index (κ2) is 7.23. The molecule has 0 saturated carbocycles. The Morgan fingerprint density at radius 2 is 1.68 bits per heavy atom. The predicted octanol–water partition coefficient (Wildman–Crippen LogP) is 3.41. The van der Waals surface area contributed by atoms with Gasteiger partial charge in [0.15, 0.2) is 0 Å². The van der Waals surface area contributed by atoms with E-state index in [-0.39, 0.29) is 5.82 Å². The monoisotopic (exact) mass is 338 g/mol. The second-order valence-electron chi connectivity index (χ2n) is 6.56. The van der Waals surface area contributed by atoms with Crippen molar-refractivity contribution in [1.82, 2.24) is 14.9 Å². The molecule has 0 spiro atoms. The largest absolute Gasteiger partial charge is 0.342 e. The van der Waals surface area contributed by atoms with Gasteiger partial charge in [0, 0.05) is 13.1 Å². The molecule has 0 bridgehead atoms. The van der Waals surface area contributed by atoms with E-state index in [1.54, 1.807) is 0 Å². The third-order valence-corrected chi connectivity index (χ3v) is 4.73. The van der Waals surface area contributed by atoms with Gasteiger partial charge in [-0.05, 0) is 55.8 Å². The first-order valence-electron chi connectivity index (χ1n) is 8.97. The summed E-state index contributed by atoms with van der Waals surface area (Å²) >= 11 is 0. The molecule has 0 radical (unpaired) electrons. The summed E-state index contributed by atoms with van der Waals surface area (Å²) in [6.07, 6.45) is 2.22. The van der Waals surface area contributed by atoms with Crippen LogP contribution in [0.25, 0.3) is 11.0 Å². The summed E-state index contributed by atoms with van der Waals surface area (Å²) in [7, 11) is 0. The highest BCUT2D eigenvalue weighted by Crippen LogP contribution is 2.25. The van der Waals surface area contributed by atoms with E-state index in [4.69, 9.17) is 4.98 Å². The second-order valence-corrected chi connectivity index (χ2v) is 6.56. The molecule has 1 fully saturated rings. The van der Waals surface area contributed by atoms with Crippen LogP contribution in [0.5, 0.6) is 0 Å². The number of nitrogens with one attached hydrogen (secondary N) is 1. The van der Waals surface area contributed by atoms with Gasteiger partial charge in [-0.2, -0.15) is 0 Å². The number of nitrogens with zero attached hydrogens (tertiary/aromatic N) is 3. The van der Waals surface area contributed by atoms with Crippen LogP contribution >= 0.6 is 0 Å². The van der Waals surface area contributed by atoms with Crippen molar-refractivity contribution in [2.24, 2.45) is 0 Å². The molecule has 1 aromatic heterocycles. The molecule has 25 heavy (non-hydrogen) atoms. The number of hydrogen-bond donors (Lipinski definition) is 1. The summed E-state index contributed by atoms with van der Waals surface area (Å²) < 4.78 is 15.5. The number of fused-ring (bicyclic) bond motifs is 1. The number of para-hydroxylation sites is 2. The number of rotatable bonds is 3. The molecule has 4 nitrogen and oxygen atoms in total. The van der Waals surface area contributed by atoms with Gasteiger partial charge in [-0.1, -0.05) is 24.3 Å². The van der Waals surface area contributed by atoms with E-state index in [0.717, 1.165) is 61.6 Å². The Labute approximate surface area is 147 Å². The van der Waals surface area contributed by atoms with Crippen molar-refractivity contribution in [3.05, 3.63) is 59.9 Å². The normalized spacial score (nSPS) is 16.0. The van der Waals surface area contributed by atoms with Gasteiger partial charge in [-0.3, -0.25) is 0 Å². The summed E-state index contributed by atoms with van der Waals surface area (Å²) in [6.45, 7) is 4.80. The van der Waals surface area contributed by atoms with E-state index in [1.807, 2.05) is 24.3 Å². The van der Waals surface area contributed by atoms with Crippen LogP contribution in [0.15, 0.2) is 48.5 Å². The van der Waals surface area contributed by atoms with Crippen molar-refractivity contribution in [2.45, 2.75) is 19.4 Å². The number of imidazole rings is 1. The Balaban J connectivity index is 1.73. The van der Waals surface area contributed by atoms with E-state index in [1.165, 1.54) is 12.1 Å². The smallest absolute Gasteiger partial charge is 0.206 e. The molecule has 130 valence electrons. The number of hydrogen-bond acceptors (Lipinski definition) is 3. The van der Waals surface area contributed by atoms with Gasteiger partial charge in [-0.15, -0.1) is 0 Å². The first-order chi connectivity index (χ1) is 12.3. The molecule has 0 atom stereocenters. The van der Waals surface area contributed by atoms with Crippen LogP contribution in [0.3, 0.4) is 0 Å². The quantitative estimate of drug-likeness (QED) is 0.794. The fourth-order valence-corrected chi connectivity index (χ4v) is 3.46. The summed E-state index contributed by atoms with van der Waals surface area (Å²) in [4.78, 5) is 7.31. The standard InChI is InChI=1S/C20H23FN4/c21-17-9-7-16(8-10-17)15-25-19-6-2-1-5-18(19)23-20(25)24-13-3-11-22-12-4-14-24/h1-2,5-10,22H,3-4,11-15H2. The molecule has 3 aromatic rings. The van der Waals surface area contributed by atoms with Crippen molar-refractivity contribution in [3.63, 3.8) is 0 Å². The van der Waals surface area contributed by atoms with E-state index in [0.29, 0.717) is 6.54 Å². The predicted molar refractivity (Wildman–Crippen MR) is 99.6 cm³/mol. The topological polar surface area (TPSA) is 33.1 Å². The number of benzene rings is 2. The van der Waals surface area contributed by atoms with E-state index in [2.05, 4.69) is 26.9 Å². The Kier molecular flexibility index (Phi) is 4.65. The van der Waals surface area contributed by atoms with E-state index in [9.17, 15) is 4.39 Å². The molecular formula is C20H23FN4. The maximum absolute atomic E-state index is 13.2. The molecular weight excluding hydrogens is 315 g/mol. The summed E-state index contributed by atoms with van der Waals surface area (Å²) in [5.74, 6) is 0.822. The Bertz CT molecular complexity index is 833. The van der Waals surface area contributed by atoms with Crippen LogP contribution in [0, 0.1) is 5.82 Å². The first-order valence-corrected chi connectivity index (χ1v) is 8.97. The third-order valence-electron chi connectivity index (χ3n) is 4.73. The zero-order valence-corrected chi connectivity index (χ0v) is 14.3. The number of halogens is 1. The lowest BCUT2D eigenvalue weighted by atomic mass is 10.2. The molecule has 5 heteroatoms. The van der Waals surface area contributed by atoms with E-state index < -0.39 is 0 Å². The molecule has 1 aliphatic rings. The van der Waals surface area contributed by atoms with E-state index >= 15 is 0 Å². The van der Waals surface area contributed by atoms with Crippen molar-refractivity contribution < 1.29 is 4.39 Å². The van der Waals surface area contributed by atoms with Crippen molar-refractivity contribution in [2.75, 3.05) is 31.1 Å². The highest BCUT2D eigenvalue weighted by Gasteiger charge is 2.18. The molecule has 1 N–H and O–H groups in total. The summed E-state index contributed by atoms with van der Waals surface area (Å²) in [5, 5.41) is 3.46. The Hall–Kier alpha value is -2.40. The van der Waals surface area contributed by atoms with Gasteiger partial charge in [-0.25, -0.2) is 9.37 Å². The Morgan fingerprint density at radius 3 is 2.44 bits per heavy atom. The zero-order valence-electron chi connectivity index (χ0n) is 14.3. The van der Waals surface area contributed by atoms with Crippen LogP contribution in [-0.4, -0.2) is 35.7 Å². The van der Waals surface area contributed by atoms with Gasteiger partial charge < -0.3 is 14.8 Å². The number of aromatic nitrogens is 2. The maximum atomic E-state index is 13.2. The van der Waals surface area contributed by atoms with Crippen molar-refractivity contribution in [3.8, 4) is 0 Å². The lowest BCUT2D eigenvalue weighted by molar-refractivity contribution is 0.556. The molecule has 0 aliphatic carbocycles. The average molecular weight is 338 g/mol. The van der Waals surface area contributed by atoms with Gasteiger partial charge in [0.1, 0.15) is 5.82 Å². The Morgan fingerprint density at radius 1 is 0.960 bits per heavy atom. The fourth-order valence-electron chi connectivity index (χ4n) is 3.46. The molecule has 1 aliphatic heterocycles. The van der Waals surface area contributed by atoms with Crippen LogP contribution in [-0.2, 0) is 6.54 Å². The van der Waals surface area contributed by atoms with Gasteiger partial charge in [0.05, 0.1) is 17.6 Å². The molecule has 4 rings (SSSR count). The van der Waals surface area contributed by atoms with Gasteiger partial charge in [0.2, 0.25) is 5.95 Å². The lowest BCUT2D eigenvalue weighted by Crippen LogP contribution is -2.35. The highest BCUT2D eigenvalue weighted by molar-refractivity contribution is 5.79. The molecule has 1 saturated heterocycles. The molecule has 0 unspecified atom stereocenters. The summed E-state index contributed by atoms with van der Waals surface area (Å²) in [5.41, 5.74) is 3.22. The average Bonchev–Trinajstić information content (AvgIpc) is 2.95. The fraction of sp³-hybridized carbons (Fsp3) is 0.350. The highest BCUT2D eigenvalue weighted by atomic mass is 19.1. The minimum absolute atomic E-state index is 0.198. The minimum atomic E-state index is -0.198. The zero-order chi connectivity index (χ0) is 17.1. The third kappa shape index (κ3) is 3.51. The van der Waals surface area contributed by atoms with Crippen molar-refractivity contribution >= 4 is 17.0 Å². The van der Waals surface area contributed by atoms with Crippen LogP contribution < -0.4 is 10.2 Å². The van der Waals surface area contributed by atoms with Gasteiger partial charge >= 0.3 is 0 Å². The first kappa shape index (κ1) is 16.1. The van der Waals surface area contributed by atoms with Crippen LogP contribution in [0.2, 0.25) is 0 Å². The summed E-state index contributed by atoms with van der Waals surface area (Å²) in [6, 6.07) is 15.0. The number of anilines is 1. The molecule has 2 aromatic carbocycles. The lowest BCUT2D eigenvalue weighted by Gasteiger charge is -2.27.